The van der Waals surface area contributed by atoms with E-state index in [1.165, 1.54) is 19.9 Å². The van der Waals surface area contributed by atoms with Crippen LogP contribution in [-0.2, 0) is 35.5 Å². The minimum Gasteiger partial charge on any atom is -0.477 e. The number of rotatable bonds is 13. The van der Waals surface area contributed by atoms with Gasteiger partial charge in [-0.3, -0.25) is 57.7 Å². The van der Waals surface area contributed by atoms with Crippen molar-refractivity contribution < 1.29 is 60.5 Å². The van der Waals surface area contributed by atoms with Gasteiger partial charge in [-0.25, -0.2) is 0 Å². The first kappa shape index (κ1) is 43.5. The second-order valence-corrected chi connectivity index (χ2v) is 15.1. The van der Waals surface area contributed by atoms with E-state index in [0.29, 0.717) is 35.4 Å². The van der Waals surface area contributed by atoms with Crippen LogP contribution < -0.4 is 31.9 Å². The van der Waals surface area contributed by atoms with Gasteiger partial charge in [0.2, 0.25) is 0 Å². The summed E-state index contributed by atoms with van der Waals surface area (Å²) in [6.07, 6.45) is -6.54. The molecule has 2 aromatic heterocycles. The summed E-state index contributed by atoms with van der Waals surface area (Å²) >= 11 is 0. The highest BCUT2D eigenvalue weighted by Crippen LogP contribution is 2.50. The molecule has 0 aliphatic carbocycles. The van der Waals surface area contributed by atoms with Crippen LogP contribution in [0.5, 0.6) is 5.75 Å². The maximum Gasteiger partial charge on any atom is 0.422 e. The standard InChI is InChI=1S/C15H17F3N3O8P.C13H15N4O8P/c1-3-28-30(26,29-4-2)8-20-10-6-12(27-7-15(16,17)18)11(21(24)25)5-9(10)19-13(22)14(20)23;18-12-13(19)16(7-26(22,23)24)9-6-10(15-1-3-25-4-2-15)11(17(20)21)5-8(9)14-12/h5-6H,3-4,7-8H2,1-2H3,(H,19,22);5-6H,1-4,7H2,(H,14,18)(H2,22,23,24). The Morgan fingerprint density at radius 2 is 1.30 bits per heavy atom. The Hall–Kier alpha value is -5.23. The lowest BCUT2D eigenvalue weighted by Gasteiger charge is -2.28. The molecule has 56 heavy (non-hydrogen) atoms. The lowest BCUT2D eigenvalue weighted by Crippen LogP contribution is -2.38. The molecule has 0 atom stereocenters. The molecule has 1 aliphatic rings. The van der Waals surface area contributed by atoms with Crippen molar-refractivity contribution in [3.8, 4) is 5.75 Å². The monoisotopic (exact) mass is 841 g/mol. The Bertz CT molecular complexity index is 2480. The number of aromatic nitrogens is 4. The Balaban J connectivity index is 0.000000251. The number of nitro groups is 2. The Labute approximate surface area is 309 Å². The molecule has 4 aromatic rings. The molecular weight excluding hydrogens is 809 g/mol. The summed E-state index contributed by atoms with van der Waals surface area (Å²) in [5.74, 6) is -0.798. The molecule has 0 radical (unpaired) electrons. The van der Waals surface area contributed by atoms with Gasteiger partial charge in [0.25, 0.3) is 5.69 Å². The maximum absolute atomic E-state index is 12.8. The summed E-state index contributed by atoms with van der Waals surface area (Å²) in [4.78, 5) is 93.6. The van der Waals surface area contributed by atoms with E-state index < -0.39 is 84.1 Å². The lowest BCUT2D eigenvalue weighted by atomic mass is 10.2. The molecule has 0 amide bonds. The van der Waals surface area contributed by atoms with Gasteiger partial charge in [-0.1, -0.05) is 0 Å². The summed E-state index contributed by atoms with van der Waals surface area (Å²) in [7, 11) is -8.60. The zero-order valence-electron chi connectivity index (χ0n) is 29.0. The molecule has 1 aliphatic heterocycles. The highest BCUT2D eigenvalue weighted by molar-refractivity contribution is 7.52. The number of benzene rings is 2. The van der Waals surface area contributed by atoms with E-state index in [4.69, 9.17) is 13.8 Å². The van der Waals surface area contributed by atoms with Crippen LogP contribution in [0.3, 0.4) is 0 Å². The van der Waals surface area contributed by atoms with Gasteiger partial charge in [0, 0.05) is 31.3 Å². The zero-order valence-corrected chi connectivity index (χ0v) is 30.8. The van der Waals surface area contributed by atoms with Gasteiger partial charge in [0.15, 0.2) is 12.4 Å². The van der Waals surface area contributed by atoms with E-state index in [9.17, 15) is 71.5 Å². The number of ether oxygens (including phenoxy) is 2. The van der Waals surface area contributed by atoms with E-state index in [-0.39, 0.29) is 46.7 Å². The number of hydrogen-bond donors (Lipinski definition) is 4. The van der Waals surface area contributed by atoms with Crippen LogP contribution in [0.15, 0.2) is 43.4 Å². The molecule has 0 spiro atoms. The van der Waals surface area contributed by atoms with Crippen molar-refractivity contribution in [2.24, 2.45) is 0 Å². The Morgan fingerprint density at radius 1 is 0.821 bits per heavy atom. The maximum atomic E-state index is 12.8. The third-order valence-electron chi connectivity index (χ3n) is 7.56. The van der Waals surface area contributed by atoms with E-state index in [1.807, 2.05) is 0 Å². The molecule has 28 heteroatoms. The quantitative estimate of drug-likeness (QED) is 0.0649. The number of morpholine rings is 1. The second kappa shape index (κ2) is 17.3. The number of aromatic amines is 2. The smallest absolute Gasteiger partial charge is 0.422 e. The normalized spacial score (nSPS) is 13.7. The summed E-state index contributed by atoms with van der Waals surface area (Å²) < 4.78 is 82.9. The van der Waals surface area contributed by atoms with E-state index in [2.05, 4.69) is 14.7 Å². The summed E-state index contributed by atoms with van der Waals surface area (Å²) in [5, 5.41) is 22.7. The van der Waals surface area contributed by atoms with Crippen molar-refractivity contribution in [1.82, 2.24) is 19.1 Å². The van der Waals surface area contributed by atoms with Gasteiger partial charge in [-0.15, -0.1) is 0 Å². The molecule has 2 aromatic carbocycles. The zero-order chi connectivity index (χ0) is 41.7. The van der Waals surface area contributed by atoms with Crippen molar-refractivity contribution in [3.05, 3.63) is 85.9 Å². The summed E-state index contributed by atoms with van der Waals surface area (Å²) in [5.41, 5.74) is -6.26. The fourth-order valence-corrected chi connectivity index (χ4v) is 7.66. The Morgan fingerprint density at radius 3 is 1.77 bits per heavy atom. The topological polar surface area (TPSA) is 311 Å². The molecule has 0 bridgehead atoms. The molecule has 3 heterocycles. The molecule has 0 saturated carbocycles. The average Bonchev–Trinajstić information content (AvgIpc) is 3.10. The van der Waals surface area contributed by atoms with Crippen LogP contribution in [-0.4, -0.2) is 91.0 Å². The number of fused-ring (bicyclic) bond motifs is 2. The van der Waals surface area contributed by atoms with Gasteiger partial charge >= 0.3 is 49.3 Å². The van der Waals surface area contributed by atoms with Crippen molar-refractivity contribution in [2.45, 2.75) is 32.6 Å². The molecule has 1 saturated heterocycles. The molecule has 306 valence electrons. The van der Waals surface area contributed by atoms with Crippen LogP contribution in [0, 0.1) is 20.2 Å². The molecule has 1 fully saturated rings. The first-order valence-electron chi connectivity index (χ1n) is 15.9. The second-order valence-electron chi connectivity index (χ2n) is 11.5. The summed E-state index contributed by atoms with van der Waals surface area (Å²) in [6, 6.07) is 3.88. The minimum absolute atomic E-state index is 0.00924. The van der Waals surface area contributed by atoms with E-state index >= 15 is 0 Å². The SMILES string of the molecule is CCOP(=O)(Cn1c(=O)c(=O)[nH]c2cc([N+](=O)[O-])c(OCC(F)(F)F)cc21)OCC.O=c1[nH]c2cc([N+](=O)[O-])c(N3CCOCC3)cc2n(CP(=O)(O)O)c1=O. The minimum atomic E-state index is -4.78. The van der Waals surface area contributed by atoms with Crippen molar-refractivity contribution in [2.75, 3.05) is 51.0 Å². The van der Waals surface area contributed by atoms with Gasteiger partial charge in [-0.2, -0.15) is 13.2 Å². The number of hydrogen-bond acceptors (Lipinski definition) is 15. The van der Waals surface area contributed by atoms with Gasteiger partial charge in [0.1, 0.15) is 18.3 Å². The van der Waals surface area contributed by atoms with Gasteiger partial charge in [-0.05, 0) is 19.9 Å². The molecular formula is C28H32F3N7O16P2. The average molecular weight is 842 g/mol. The first-order valence-corrected chi connectivity index (χ1v) is 19.5. The van der Waals surface area contributed by atoms with Crippen LogP contribution >= 0.6 is 15.2 Å². The fraction of sp³-hybridized carbons (Fsp3) is 0.429. The van der Waals surface area contributed by atoms with Crippen LogP contribution in [0.4, 0.5) is 30.2 Å². The number of nitrogens with zero attached hydrogens (tertiary/aromatic N) is 5. The third-order valence-corrected chi connectivity index (χ3v) is 10.1. The van der Waals surface area contributed by atoms with Crippen LogP contribution in [0.1, 0.15) is 13.8 Å². The molecule has 5 rings (SSSR count). The molecule has 4 N–H and O–H groups in total. The number of anilines is 1. The van der Waals surface area contributed by atoms with Crippen LogP contribution in [0.2, 0.25) is 0 Å². The van der Waals surface area contributed by atoms with Crippen molar-refractivity contribution >= 4 is 54.3 Å². The van der Waals surface area contributed by atoms with Gasteiger partial charge < -0.3 is 43.2 Å². The molecule has 23 nitrogen and oxygen atoms in total. The Kier molecular flexibility index (Phi) is 13.4. The third kappa shape index (κ3) is 10.5. The fourth-order valence-electron chi connectivity index (χ4n) is 5.36. The highest BCUT2D eigenvalue weighted by atomic mass is 31.2. The predicted octanol–water partition coefficient (Wildman–Crippen LogP) is 2.33. The van der Waals surface area contributed by atoms with Crippen molar-refractivity contribution in [3.63, 3.8) is 0 Å². The predicted molar refractivity (Wildman–Crippen MR) is 188 cm³/mol. The number of halogens is 3. The highest BCUT2D eigenvalue weighted by Gasteiger charge is 2.32. The van der Waals surface area contributed by atoms with E-state index in [1.54, 1.807) is 4.90 Å². The van der Waals surface area contributed by atoms with Crippen molar-refractivity contribution in [1.29, 1.82) is 0 Å². The first-order chi connectivity index (χ1) is 26.1. The number of H-pyrrole nitrogens is 2. The number of alkyl halides is 3. The molecule has 0 unspecified atom stereocenters. The summed E-state index contributed by atoms with van der Waals surface area (Å²) in [6.45, 7) is 2.54. The van der Waals surface area contributed by atoms with E-state index in [0.717, 1.165) is 18.2 Å². The van der Waals surface area contributed by atoms with Gasteiger partial charge in [0.05, 0.1) is 58.3 Å². The largest absolute Gasteiger partial charge is 0.477 e. The lowest BCUT2D eigenvalue weighted by molar-refractivity contribution is -0.386. The van der Waals surface area contributed by atoms with Crippen LogP contribution in [0.25, 0.3) is 22.1 Å². The number of nitrogens with one attached hydrogen (secondary N) is 2. The number of nitro benzene ring substituents is 2.